The van der Waals surface area contributed by atoms with Crippen molar-refractivity contribution < 1.29 is 0 Å². The normalized spacial score (nSPS) is 21.7. The number of nitrogens with two attached hydrogens (primary N) is 1. The number of piperidine rings is 1. The molecule has 1 saturated heterocycles. The van der Waals surface area contributed by atoms with Crippen molar-refractivity contribution in [1.29, 1.82) is 5.26 Å². The Balaban J connectivity index is 1.97. The number of aromatic nitrogens is 1. The molecule has 112 valence electrons. The van der Waals surface area contributed by atoms with E-state index >= 15 is 0 Å². The van der Waals surface area contributed by atoms with E-state index in [0.717, 1.165) is 37.2 Å². The predicted molar refractivity (Wildman–Crippen MR) is 84.3 cm³/mol. The molecule has 1 unspecified atom stereocenters. The standard InChI is InChI=1S/C17H24N4/c18-9-8-15-6-3-4-10-21(15)17-14(12-19)11-13-5-1-2-7-16(13)20-17/h11,15H,1-10,18H2. The molecule has 1 atom stereocenters. The molecule has 0 saturated carbocycles. The molecule has 0 amide bonds. The zero-order valence-electron chi connectivity index (χ0n) is 12.6. The van der Waals surface area contributed by atoms with Crippen LogP contribution in [0.15, 0.2) is 6.07 Å². The second kappa shape index (κ2) is 6.44. The van der Waals surface area contributed by atoms with Gasteiger partial charge in [0.25, 0.3) is 0 Å². The van der Waals surface area contributed by atoms with Gasteiger partial charge in [0.15, 0.2) is 0 Å². The smallest absolute Gasteiger partial charge is 0.147 e. The number of pyridine rings is 1. The Labute approximate surface area is 127 Å². The maximum Gasteiger partial charge on any atom is 0.147 e. The minimum absolute atomic E-state index is 0.449. The van der Waals surface area contributed by atoms with Gasteiger partial charge in [-0.1, -0.05) is 0 Å². The molecule has 2 N–H and O–H groups in total. The van der Waals surface area contributed by atoms with Gasteiger partial charge in [-0.05, 0) is 69.5 Å². The van der Waals surface area contributed by atoms with Crippen LogP contribution in [0.2, 0.25) is 0 Å². The summed E-state index contributed by atoms with van der Waals surface area (Å²) < 4.78 is 0. The lowest BCUT2D eigenvalue weighted by Gasteiger charge is -2.37. The summed E-state index contributed by atoms with van der Waals surface area (Å²) in [6.07, 6.45) is 9.17. The van der Waals surface area contributed by atoms with Crippen LogP contribution in [0.4, 0.5) is 5.82 Å². The van der Waals surface area contributed by atoms with E-state index < -0.39 is 0 Å². The molecule has 0 spiro atoms. The number of hydrogen-bond donors (Lipinski definition) is 1. The number of aryl methyl sites for hydroxylation is 2. The Kier molecular flexibility index (Phi) is 4.40. The fraction of sp³-hybridized carbons (Fsp3) is 0.647. The molecule has 0 aromatic carbocycles. The highest BCUT2D eigenvalue weighted by Gasteiger charge is 2.26. The van der Waals surface area contributed by atoms with Crippen LogP contribution in [0, 0.1) is 11.3 Å². The van der Waals surface area contributed by atoms with E-state index in [9.17, 15) is 5.26 Å². The van der Waals surface area contributed by atoms with Gasteiger partial charge in [-0.2, -0.15) is 5.26 Å². The van der Waals surface area contributed by atoms with Crippen molar-refractivity contribution in [3.05, 3.63) is 22.9 Å². The second-order valence-corrected chi connectivity index (χ2v) is 6.20. The molecule has 0 bridgehead atoms. The van der Waals surface area contributed by atoms with Crippen molar-refractivity contribution in [3.8, 4) is 6.07 Å². The topological polar surface area (TPSA) is 65.9 Å². The first-order valence-corrected chi connectivity index (χ1v) is 8.23. The molecule has 3 rings (SSSR count). The molecule has 2 aliphatic rings. The molecular formula is C17H24N4. The third kappa shape index (κ3) is 2.89. The summed E-state index contributed by atoms with van der Waals surface area (Å²) >= 11 is 0. The number of rotatable bonds is 3. The molecule has 1 aromatic rings. The van der Waals surface area contributed by atoms with E-state index in [1.54, 1.807) is 0 Å². The van der Waals surface area contributed by atoms with E-state index in [-0.39, 0.29) is 0 Å². The highest BCUT2D eigenvalue weighted by atomic mass is 15.2. The molecule has 2 heterocycles. The first-order valence-electron chi connectivity index (χ1n) is 8.23. The van der Waals surface area contributed by atoms with Crippen molar-refractivity contribution in [1.82, 2.24) is 4.98 Å². The summed E-state index contributed by atoms with van der Waals surface area (Å²) in [5, 5.41) is 9.53. The van der Waals surface area contributed by atoms with Crippen LogP contribution < -0.4 is 10.6 Å². The maximum atomic E-state index is 9.53. The van der Waals surface area contributed by atoms with Gasteiger partial charge < -0.3 is 10.6 Å². The van der Waals surface area contributed by atoms with Crippen molar-refractivity contribution >= 4 is 5.82 Å². The van der Waals surface area contributed by atoms with Crippen LogP contribution in [0.3, 0.4) is 0 Å². The van der Waals surface area contributed by atoms with Crippen molar-refractivity contribution in [2.24, 2.45) is 5.73 Å². The highest BCUT2D eigenvalue weighted by molar-refractivity contribution is 5.57. The SMILES string of the molecule is N#Cc1cc2c(nc1N1CCCCC1CCN)CCCC2. The molecule has 1 aromatic heterocycles. The van der Waals surface area contributed by atoms with Crippen LogP contribution >= 0.6 is 0 Å². The van der Waals surface area contributed by atoms with Gasteiger partial charge in [0.1, 0.15) is 11.9 Å². The number of nitriles is 1. The van der Waals surface area contributed by atoms with Gasteiger partial charge >= 0.3 is 0 Å². The van der Waals surface area contributed by atoms with E-state index in [4.69, 9.17) is 10.7 Å². The molecule has 1 fully saturated rings. The Morgan fingerprint density at radius 1 is 1.29 bits per heavy atom. The summed E-state index contributed by atoms with van der Waals surface area (Å²) in [6, 6.07) is 4.91. The van der Waals surface area contributed by atoms with Crippen molar-refractivity contribution in [3.63, 3.8) is 0 Å². The fourth-order valence-electron chi connectivity index (χ4n) is 3.70. The average molecular weight is 284 g/mol. The first-order chi connectivity index (χ1) is 10.3. The second-order valence-electron chi connectivity index (χ2n) is 6.20. The third-order valence-corrected chi connectivity index (χ3v) is 4.80. The Bertz CT molecular complexity index is 544. The van der Waals surface area contributed by atoms with E-state index in [1.165, 1.54) is 43.4 Å². The minimum atomic E-state index is 0.449. The summed E-state index contributed by atoms with van der Waals surface area (Å²) in [5.74, 6) is 0.913. The van der Waals surface area contributed by atoms with E-state index in [1.807, 2.05) is 0 Å². The van der Waals surface area contributed by atoms with E-state index in [0.29, 0.717) is 12.6 Å². The largest absolute Gasteiger partial charge is 0.352 e. The van der Waals surface area contributed by atoms with Gasteiger partial charge in [0.2, 0.25) is 0 Å². The van der Waals surface area contributed by atoms with Gasteiger partial charge in [-0.15, -0.1) is 0 Å². The maximum absolute atomic E-state index is 9.53. The number of fused-ring (bicyclic) bond motifs is 1. The molecule has 21 heavy (non-hydrogen) atoms. The van der Waals surface area contributed by atoms with Gasteiger partial charge in [0.05, 0.1) is 5.56 Å². The zero-order valence-corrected chi connectivity index (χ0v) is 12.6. The Morgan fingerprint density at radius 2 is 2.14 bits per heavy atom. The summed E-state index contributed by atoms with van der Waals surface area (Å²) in [4.78, 5) is 7.25. The van der Waals surface area contributed by atoms with Crippen LogP contribution in [-0.2, 0) is 12.8 Å². The third-order valence-electron chi connectivity index (χ3n) is 4.80. The lowest BCUT2D eigenvalue weighted by Crippen LogP contribution is -2.42. The lowest BCUT2D eigenvalue weighted by molar-refractivity contribution is 0.438. The lowest BCUT2D eigenvalue weighted by atomic mass is 9.94. The fourth-order valence-corrected chi connectivity index (χ4v) is 3.70. The summed E-state index contributed by atoms with van der Waals surface area (Å²) in [6.45, 7) is 1.71. The zero-order chi connectivity index (χ0) is 14.7. The molecule has 0 radical (unpaired) electrons. The number of anilines is 1. The molecule has 4 heteroatoms. The predicted octanol–water partition coefficient (Wildman–Crippen LogP) is 2.54. The Hall–Kier alpha value is -1.60. The number of nitrogens with zero attached hydrogens (tertiary/aromatic N) is 3. The van der Waals surface area contributed by atoms with Gasteiger partial charge in [0, 0.05) is 18.3 Å². The highest BCUT2D eigenvalue weighted by Crippen LogP contribution is 2.31. The molecule has 1 aliphatic carbocycles. The van der Waals surface area contributed by atoms with Gasteiger partial charge in [-0.25, -0.2) is 4.98 Å². The summed E-state index contributed by atoms with van der Waals surface area (Å²) in [7, 11) is 0. The van der Waals surface area contributed by atoms with Crippen LogP contribution in [0.5, 0.6) is 0 Å². The van der Waals surface area contributed by atoms with Crippen molar-refractivity contribution in [2.45, 2.75) is 57.4 Å². The average Bonchev–Trinajstić information content (AvgIpc) is 2.54. The van der Waals surface area contributed by atoms with Crippen molar-refractivity contribution in [2.75, 3.05) is 18.0 Å². The van der Waals surface area contributed by atoms with E-state index in [2.05, 4.69) is 17.0 Å². The summed E-state index contributed by atoms with van der Waals surface area (Å²) in [5.41, 5.74) is 9.02. The minimum Gasteiger partial charge on any atom is -0.352 e. The molecule has 4 nitrogen and oxygen atoms in total. The monoisotopic (exact) mass is 284 g/mol. The van der Waals surface area contributed by atoms with Gasteiger partial charge in [-0.3, -0.25) is 0 Å². The Morgan fingerprint density at radius 3 is 2.95 bits per heavy atom. The quantitative estimate of drug-likeness (QED) is 0.926. The van der Waals surface area contributed by atoms with Crippen LogP contribution in [-0.4, -0.2) is 24.1 Å². The molecular weight excluding hydrogens is 260 g/mol. The van der Waals surface area contributed by atoms with Crippen LogP contribution in [0.1, 0.15) is 55.3 Å². The van der Waals surface area contributed by atoms with Crippen LogP contribution in [0.25, 0.3) is 0 Å². The molecule has 1 aliphatic heterocycles. The first kappa shape index (κ1) is 14.3. The number of hydrogen-bond acceptors (Lipinski definition) is 4.